The van der Waals surface area contributed by atoms with Crippen molar-refractivity contribution in [1.29, 1.82) is 0 Å². The molecule has 1 atom stereocenters. The van der Waals surface area contributed by atoms with Crippen LogP contribution in [0.3, 0.4) is 0 Å². The summed E-state index contributed by atoms with van der Waals surface area (Å²) in [5.41, 5.74) is 4.32. The third kappa shape index (κ3) is 6.50. The highest BCUT2D eigenvalue weighted by Gasteiger charge is 2.12. The Bertz CT molecular complexity index is 801. The van der Waals surface area contributed by atoms with Gasteiger partial charge in [-0.3, -0.25) is 9.48 Å². The Balaban J connectivity index is 0.00000392. The quantitative estimate of drug-likeness (QED) is 0.365. The minimum absolute atomic E-state index is 0. The SMILES string of the molecule is Cc1nn(C)c(C)c1CN=C(NCC(=O)N(C)C)NC(C)c1ccccc1.I. The second-order valence-corrected chi connectivity index (χ2v) is 6.86. The van der Waals surface area contributed by atoms with Gasteiger partial charge in [-0.15, -0.1) is 24.0 Å². The molecule has 0 spiro atoms. The van der Waals surface area contributed by atoms with Crippen LogP contribution in [0.1, 0.15) is 35.5 Å². The summed E-state index contributed by atoms with van der Waals surface area (Å²) in [5.74, 6) is 0.592. The third-order valence-corrected chi connectivity index (χ3v) is 4.61. The topological polar surface area (TPSA) is 74.5 Å². The molecule has 2 aromatic rings. The minimum atomic E-state index is -0.00870. The molecule has 1 amide bonds. The van der Waals surface area contributed by atoms with Gasteiger partial charge >= 0.3 is 0 Å². The van der Waals surface area contributed by atoms with E-state index in [2.05, 4.69) is 34.8 Å². The Kier molecular flexibility index (Phi) is 9.44. The van der Waals surface area contributed by atoms with Crippen molar-refractivity contribution in [3.63, 3.8) is 0 Å². The maximum Gasteiger partial charge on any atom is 0.241 e. The molecule has 1 aromatic heterocycles. The lowest BCUT2D eigenvalue weighted by molar-refractivity contribution is -0.127. The summed E-state index contributed by atoms with van der Waals surface area (Å²) >= 11 is 0. The standard InChI is InChI=1S/C20H30N6O.HI/c1-14(17-10-8-7-9-11-17)23-20(22-13-19(27)25(4)5)21-12-18-15(2)24-26(6)16(18)3;/h7-11,14H,12-13H2,1-6H3,(H2,21,22,23);1H. The number of aliphatic imine (C=N–C) groups is 1. The molecule has 8 heteroatoms. The molecule has 0 aliphatic heterocycles. The van der Waals surface area contributed by atoms with E-state index in [9.17, 15) is 4.79 Å². The Morgan fingerprint density at radius 3 is 2.43 bits per heavy atom. The second kappa shape index (κ2) is 11.0. The summed E-state index contributed by atoms with van der Waals surface area (Å²) in [6.45, 7) is 6.78. The number of guanidine groups is 1. The van der Waals surface area contributed by atoms with Gasteiger partial charge in [0.15, 0.2) is 5.96 Å². The van der Waals surface area contributed by atoms with Gasteiger partial charge in [0.2, 0.25) is 5.91 Å². The van der Waals surface area contributed by atoms with E-state index in [-0.39, 0.29) is 42.5 Å². The van der Waals surface area contributed by atoms with Gasteiger partial charge in [0.1, 0.15) is 0 Å². The van der Waals surface area contributed by atoms with Crippen LogP contribution in [0.25, 0.3) is 0 Å². The van der Waals surface area contributed by atoms with E-state index in [1.807, 2.05) is 43.8 Å². The first kappa shape index (κ1) is 23.9. The molecule has 0 aliphatic rings. The van der Waals surface area contributed by atoms with Crippen LogP contribution >= 0.6 is 24.0 Å². The number of benzene rings is 1. The fourth-order valence-electron chi connectivity index (χ4n) is 2.70. The molecule has 0 bridgehead atoms. The highest BCUT2D eigenvalue weighted by atomic mass is 127. The molecule has 154 valence electrons. The van der Waals surface area contributed by atoms with E-state index < -0.39 is 0 Å². The van der Waals surface area contributed by atoms with E-state index in [4.69, 9.17) is 4.99 Å². The maximum atomic E-state index is 12.0. The zero-order valence-corrected chi connectivity index (χ0v) is 19.8. The fourth-order valence-corrected chi connectivity index (χ4v) is 2.70. The molecule has 0 saturated carbocycles. The lowest BCUT2D eigenvalue weighted by Crippen LogP contribution is -2.43. The molecule has 1 unspecified atom stereocenters. The first-order valence-electron chi connectivity index (χ1n) is 9.08. The molecule has 0 saturated heterocycles. The molecule has 28 heavy (non-hydrogen) atoms. The van der Waals surface area contributed by atoms with Crippen molar-refractivity contribution in [2.24, 2.45) is 12.0 Å². The Labute approximate surface area is 184 Å². The summed E-state index contributed by atoms with van der Waals surface area (Å²) in [7, 11) is 5.41. The normalized spacial score (nSPS) is 12.1. The molecular formula is C20H31IN6O. The molecule has 2 N–H and O–H groups in total. The van der Waals surface area contributed by atoms with Crippen LogP contribution in [0.5, 0.6) is 0 Å². The van der Waals surface area contributed by atoms with Gasteiger partial charge in [-0.2, -0.15) is 5.10 Å². The van der Waals surface area contributed by atoms with Crippen LogP contribution in [0.2, 0.25) is 0 Å². The summed E-state index contributed by atoms with van der Waals surface area (Å²) in [6, 6.07) is 10.2. The van der Waals surface area contributed by atoms with Crippen molar-refractivity contribution in [1.82, 2.24) is 25.3 Å². The van der Waals surface area contributed by atoms with Crippen LogP contribution in [0, 0.1) is 13.8 Å². The molecule has 0 fully saturated rings. The fraction of sp³-hybridized carbons (Fsp3) is 0.450. The van der Waals surface area contributed by atoms with Crippen molar-refractivity contribution in [2.45, 2.75) is 33.4 Å². The van der Waals surface area contributed by atoms with Gasteiger partial charge < -0.3 is 15.5 Å². The van der Waals surface area contributed by atoms with Crippen molar-refractivity contribution in [2.75, 3.05) is 20.6 Å². The molecule has 0 radical (unpaired) electrons. The maximum absolute atomic E-state index is 12.0. The third-order valence-electron chi connectivity index (χ3n) is 4.61. The van der Waals surface area contributed by atoms with Gasteiger partial charge in [0.05, 0.1) is 24.8 Å². The number of nitrogens with zero attached hydrogens (tertiary/aromatic N) is 4. The van der Waals surface area contributed by atoms with Crippen LogP contribution in [0.4, 0.5) is 0 Å². The second-order valence-electron chi connectivity index (χ2n) is 6.86. The highest BCUT2D eigenvalue weighted by Crippen LogP contribution is 2.14. The molecule has 2 rings (SSSR count). The van der Waals surface area contributed by atoms with Gasteiger partial charge in [-0.1, -0.05) is 30.3 Å². The Morgan fingerprint density at radius 1 is 1.25 bits per heavy atom. The molecule has 1 heterocycles. The number of aromatic nitrogens is 2. The predicted octanol–water partition coefficient (Wildman–Crippen LogP) is 2.54. The van der Waals surface area contributed by atoms with Crippen LogP contribution in [-0.2, 0) is 18.4 Å². The summed E-state index contributed by atoms with van der Waals surface area (Å²) in [6.07, 6.45) is 0. The van der Waals surface area contributed by atoms with E-state index in [1.165, 1.54) is 0 Å². The summed E-state index contributed by atoms with van der Waals surface area (Å²) in [5, 5.41) is 11.0. The van der Waals surface area contributed by atoms with Crippen molar-refractivity contribution in [3.8, 4) is 0 Å². The number of nitrogens with one attached hydrogen (secondary N) is 2. The number of aryl methyl sites for hydroxylation is 2. The van der Waals surface area contributed by atoms with Crippen molar-refractivity contribution < 1.29 is 4.79 Å². The van der Waals surface area contributed by atoms with Gasteiger partial charge in [0.25, 0.3) is 0 Å². The van der Waals surface area contributed by atoms with Crippen LogP contribution in [0.15, 0.2) is 35.3 Å². The largest absolute Gasteiger partial charge is 0.350 e. The van der Waals surface area contributed by atoms with Crippen LogP contribution < -0.4 is 10.6 Å². The van der Waals surface area contributed by atoms with Gasteiger partial charge in [-0.25, -0.2) is 4.99 Å². The number of carbonyl (C=O) groups is 1. The number of amides is 1. The van der Waals surface area contributed by atoms with Crippen molar-refractivity contribution >= 4 is 35.8 Å². The van der Waals surface area contributed by atoms with E-state index in [0.29, 0.717) is 12.5 Å². The summed E-state index contributed by atoms with van der Waals surface area (Å²) < 4.78 is 1.86. The first-order valence-corrected chi connectivity index (χ1v) is 9.08. The minimum Gasteiger partial charge on any atom is -0.350 e. The average Bonchev–Trinajstić information content (AvgIpc) is 2.89. The van der Waals surface area contributed by atoms with E-state index in [1.54, 1.807) is 19.0 Å². The van der Waals surface area contributed by atoms with Gasteiger partial charge in [-0.05, 0) is 26.3 Å². The van der Waals surface area contributed by atoms with Gasteiger partial charge in [0, 0.05) is 32.4 Å². The number of hydrogen-bond acceptors (Lipinski definition) is 3. The first-order chi connectivity index (χ1) is 12.8. The van der Waals surface area contributed by atoms with E-state index >= 15 is 0 Å². The Morgan fingerprint density at radius 2 is 1.89 bits per heavy atom. The zero-order valence-electron chi connectivity index (χ0n) is 17.5. The zero-order chi connectivity index (χ0) is 20.0. The number of likely N-dealkylation sites (N-methyl/N-ethyl adjacent to an activating group) is 1. The lowest BCUT2D eigenvalue weighted by Gasteiger charge is -2.19. The van der Waals surface area contributed by atoms with Crippen molar-refractivity contribution in [3.05, 3.63) is 52.8 Å². The van der Waals surface area contributed by atoms with Crippen LogP contribution in [-0.4, -0.2) is 47.2 Å². The number of halogens is 1. The molecular weight excluding hydrogens is 467 g/mol. The number of hydrogen-bond donors (Lipinski definition) is 2. The smallest absolute Gasteiger partial charge is 0.241 e. The molecule has 7 nitrogen and oxygen atoms in total. The monoisotopic (exact) mass is 498 g/mol. The Hall–Kier alpha value is -2.10. The summed E-state index contributed by atoms with van der Waals surface area (Å²) in [4.78, 5) is 18.2. The van der Waals surface area contributed by atoms with E-state index in [0.717, 1.165) is 22.5 Å². The average molecular weight is 498 g/mol. The predicted molar refractivity (Wildman–Crippen MR) is 124 cm³/mol. The molecule has 0 aliphatic carbocycles. The number of rotatable bonds is 6. The lowest BCUT2D eigenvalue weighted by atomic mass is 10.1. The highest BCUT2D eigenvalue weighted by molar-refractivity contribution is 14.0. The molecule has 1 aromatic carbocycles. The number of carbonyl (C=O) groups excluding carboxylic acids is 1.